The molecule has 0 saturated carbocycles. The van der Waals surface area contributed by atoms with Crippen molar-refractivity contribution >= 4 is 40.0 Å². The summed E-state index contributed by atoms with van der Waals surface area (Å²) in [6.07, 6.45) is 1.71. The number of hydrogen-bond acceptors (Lipinski definition) is 7. The molecule has 170 valence electrons. The minimum atomic E-state index is -1.25. The number of esters is 1. The topological polar surface area (TPSA) is 124 Å². The molecule has 0 spiro atoms. The second-order valence-corrected chi connectivity index (χ2v) is 8.29. The van der Waals surface area contributed by atoms with Crippen molar-refractivity contribution in [2.45, 2.75) is 25.8 Å². The first kappa shape index (κ1) is 21.4. The fourth-order valence-electron chi connectivity index (χ4n) is 4.60. The van der Waals surface area contributed by atoms with Crippen molar-refractivity contribution in [3.8, 4) is 0 Å². The number of hydrogen-bond donors (Lipinski definition) is 0. The molecule has 0 saturated heterocycles. The Kier molecular flexibility index (Phi) is 4.97. The van der Waals surface area contributed by atoms with Crippen LogP contribution in [-0.4, -0.2) is 46.0 Å². The molecule has 2 amide bonds. The average molecular weight is 458 g/mol. The molecule has 34 heavy (non-hydrogen) atoms. The summed E-state index contributed by atoms with van der Waals surface area (Å²) in [5.41, 5.74) is 2.88. The molecular formula is C25H18N2O7. The maximum Gasteiger partial charge on any atom is 0.329 e. The van der Waals surface area contributed by atoms with Crippen molar-refractivity contribution in [3.63, 3.8) is 0 Å². The second-order valence-electron chi connectivity index (χ2n) is 8.29. The first-order valence-corrected chi connectivity index (χ1v) is 10.7. The third-order valence-electron chi connectivity index (χ3n) is 6.37. The number of nitrogens with zero attached hydrogens (tertiary/aromatic N) is 2. The third kappa shape index (κ3) is 3.24. The van der Waals surface area contributed by atoms with Gasteiger partial charge in [-0.2, -0.15) is 0 Å². The van der Waals surface area contributed by atoms with E-state index in [-0.39, 0.29) is 11.3 Å². The van der Waals surface area contributed by atoms with Gasteiger partial charge in [-0.15, -0.1) is 0 Å². The van der Waals surface area contributed by atoms with Gasteiger partial charge in [0.25, 0.3) is 17.5 Å². The minimum absolute atomic E-state index is 0.133. The number of ketones is 1. The predicted molar refractivity (Wildman–Crippen MR) is 120 cm³/mol. The molecule has 3 aromatic carbocycles. The lowest BCUT2D eigenvalue weighted by Crippen LogP contribution is -2.49. The van der Waals surface area contributed by atoms with Crippen molar-refractivity contribution < 1.29 is 28.8 Å². The number of amides is 2. The van der Waals surface area contributed by atoms with E-state index in [9.17, 15) is 29.3 Å². The molecule has 0 radical (unpaired) electrons. The summed E-state index contributed by atoms with van der Waals surface area (Å²) in [7, 11) is 0. The van der Waals surface area contributed by atoms with Gasteiger partial charge in [-0.25, -0.2) is 4.79 Å². The summed E-state index contributed by atoms with van der Waals surface area (Å²) in [4.78, 5) is 62.5. The van der Waals surface area contributed by atoms with Crippen LogP contribution in [0.25, 0.3) is 10.8 Å². The standard InChI is InChI=1S/C25H18N2O7/c1-13(25(31)34-12-20(28)14-4-8-17(9-5-14)27(32)33)26-23(29)18-10-6-15-2-3-16-7-11-19(24(26)30)22(18)21(15)16/h4-11,13H,2-3,12H2,1H3/t13-/m1/s1. The van der Waals surface area contributed by atoms with Crippen molar-refractivity contribution in [2.75, 3.05) is 6.61 Å². The quantitative estimate of drug-likeness (QED) is 0.183. The van der Waals surface area contributed by atoms with Gasteiger partial charge in [-0.05, 0) is 60.5 Å². The predicted octanol–water partition coefficient (Wildman–Crippen LogP) is 3.26. The summed E-state index contributed by atoms with van der Waals surface area (Å²) in [6, 6.07) is 10.8. The third-order valence-corrected chi connectivity index (χ3v) is 6.37. The van der Waals surface area contributed by atoms with Gasteiger partial charge in [0.2, 0.25) is 0 Å². The highest BCUT2D eigenvalue weighted by molar-refractivity contribution is 6.27. The molecule has 1 heterocycles. The zero-order valence-electron chi connectivity index (χ0n) is 18.1. The van der Waals surface area contributed by atoms with E-state index >= 15 is 0 Å². The molecule has 0 unspecified atom stereocenters. The van der Waals surface area contributed by atoms with Crippen LogP contribution in [0.5, 0.6) is 0 Å². The van der Waals surface area contributed by atoms with Crippen molar-refractivity contribution in [2.24, 2.45) is 0 Å². The Bertz CT molecular complexity index is 1370. The van der Waals surface area contributed by atoms with Gasteiger partial charge in [0, 0.05) is 34.2 Å². The molecule has 9 heteroatoms. The maximum absolute atomic E-state index is 13.2. The summed E-state index contributed by atoms with van der Waals surface area (Å²) in [6.45, 7) is 0.744. The number of non-ortho nitro benzene ring substituents is 1. The van der Waals surface area contributed by atoms with Gasteiger partial charge in [-0.3, -0.25) is 29.4 Å². The van der Waals surface area contributed by atoms with Gasteiger partial charge in [0.1, 0.15) is 6.04 Å². The highest BCUT2D eigenvalue weighted by Crippen LogP contribution is 2.38. The molecule has 1 atom stereocenters. The monoisotopic (exact) mass is 458 g/mol. The van der Waals surface area contributed by atoms with E-state index in [2.05, 4.69) is 0 Å². The molecular weight excluding hydrogens is 440 g/mol. The maximum atomic E-state index is 13.2. The highest BCUT2D eigenvalue weighted by Gasteiger charge is 2.40. The van der Waals surface area contributed by atoms with Gasteiger partial charge in [-0.1, -0.05) is 12.1 Å². The number of Topliss-reactive ketones (excluding diaryl/α,β-unsaturated/α-hetero) is 1. The van der Waals surface area contributed by atoms with Gasteiger partial charge in [0.05, 0.1) is 4.92 Å². The van der Waals surface area contributed by atoms with Crippen LogP contribution in [0.1, 0.15) is 49.1 Å². The van der Waals surface area contributed by atoms with Crippen LogP contribution in [0.4, 0.5) is 5.69 Å². The Morgan fingerprint density at radius 3 is 2.03 bits per heavy atom. The van der Waals surface area contributed by atoms with E-state index < -0.39 is 41.1 Å². The van der Waals surface area contributed by atoms with Crippen molar-refractivity contribution in [1.82, 2.24) is 4.90 Å². The van der Waals surface area contributed by atoms with E-state index in [1.807, 2.05) is 12.1 Å². The molecule has 1 aliphatic carbocycles. The van der Waals surface area contributed by atoms with Crippen LogP contribution in [-0.2, 0) is 22.4 Å². The van der Waals surface area contributed by atoms with Gasteiger partial charge in [0.15, 0.2) is 12.4 Å². The lowest BCUT2D eigenvalue weighted by molar-refractivity contribution is -0.384. The number of carbonyl (C=O) groups is 4. The molecule has 9 nitrogen and oxygen atoms in total. The molecule has 5 rings (SSSR count). The normalized spacial score (nSPS) is 14.9. The Morgan fingerprint density at radius 2 is 1.50 bits per heavy atom. The number of aryl methyl sites for hydroxylation is 2. The highest BCUT2D eigenvalue weighted by atomic mass is 16.6. The van der Waals surface area contributed by atoms with Crippen LogP contribution in [0.3, 0.4) is 0 Å². The molecule has 1 aliphatic heterocycles. The Morgan fingerprint density at radius 1 is 0.941 bits per heavy atom. The molecule has 0 fully saturated rings. The molecule has 2 aliphatic rings. The fourth-order valence-corrected chi connectivity index (χ4v) is 4.60. The number of ether oxygens (including phenoxy) is 1. The van der Waals surface area contributed by atoms with Crippen LogP contribution >= 0.6 is 0 Å². The smallest absolute Gasteiger partial charge is 0.329 e. The summed E-state index contributed by atoms with van der Waals surface area (Å²) < 4.78 is 5.09. The van der Waals surface area contributed by atoms with Crippen LogP contribution < -0.4 is 0 Å². The Hall–Kier alpha value is -4.40. The Labute approximate surface area is 193 Å². The Balaban J connectivity index is 1.34. The SMILES string of the molecule is C[C@H](C(=O)OCC(=O)c1ccc([N+](=O)[O-])cc1)N1C(=O)c2ccc3c4c(ccc(c24)C1=O)CC3. The van der Waals surface area contributed by atoms with E-state index in [1.54, 1.807) is 12.1 Å². The summed E-state index contributed by atoms with van der Waals surface area (Å²) in [5, 5.41) is 12.3. The number of imide groups is 1. The van der Waals surface area contributed by atoms with Crippen LogP contribution in [0.2, 0.25) is 0 Å². The van der Waals surface area contributed by atoms with Crippen molar-refractivity contribution in [1.29, 1.82) is 0 Å². The lowest BCUT2D eigenvalue weighted by Gasteiger charge is -2.31. The number of benzene rings is 3. The molecule has 0 aromatic heterocycles. The average Bonchev–Trinajstić information content (AvgIpc) is 3.27. The van der Waals surface area contributed by atoms with Gasteiger partial charge < -0.3 is 4.74 Å². The van der Waals surface area contributed by atoms with Crippen LogP contribution in [0, 0.1) is 10.1 Å². The first-order chi connectivity index (χ1) is 16.3. The number of carbonyl (C=O) groups excluding carboxylic acids is 4. The van der Waals surface area contributed by atoms with E-state index in [0.29, 0.717) is 16.5 Å². The summed E-state index contributed by atoms with van der Waals surface area (Å²) in [5.74, 6) is -2.65. The second kappa shape index (κ2) is 7.87. The fraction of sp³-hybridized carbons (Fsp3) is 0.200. The first-order valence-electron chi connectivity index (χ1n) is 10.7. The summed E-state index contributed by atoms with van der Waals surface area (Å²) >= 11 is 0. The molecule has 0 bridgehead atoms. The number of rotatable bonds is 6. The lowest BCUT2D eigenvalue weighted by atomic mass is 9.90. The van der Waals surface area contributed by atoms with Crippen molar-refractivity contribution in [3.05, 3.63) is 86.5 Å². The number of nitro benzene ring substituents is 1. The van der Waals surface area contributed by atoms with E-state index in [4.69, 9.17) is 4.74 Å². The zero-order valence-corrected chi connectivity index (χ0v) is 18.1. The zero-order chi connectivity index (χ0) is 24.1. The largest absolute Gasteiger partial charge is 0.456 e. The van der Waals surface area contributed by atoms with Crippen LogP contribution in [0.15, 0.2) is 48.5 Å². The minimum Gasteiger partial charge on any atom is -0.456 e. The molecule has 0 N–H and O–H groups in total. The van der Waals surface area contributed by atoms with E-state index in [0.717, 1.165) is 34.3 Å². The van der Waals surface area contributed by atoms with E-state index in [1.165, 1.54) is 31.2 Å². The van der Waals surface area contributed by atoms with Gasteiger partial charge >= 0.3 is 5.97 Å². The molecule has 3 aromatic rings. The number of nitro groups is 1.